The summed E-state index contributed by atoms with van der Waals surface area (Å²) in [5.74, 6) is -0.589. The maximum absolute atomic E-state index is 11.6. The lowest BCUT2D eigenvalue weighted by Crippen LogP contribution is -2.40. The van der Waals surface area contributed by atoms with Gasteiger partial charge in [0.25, 0.3) is 0 Å². The molecule has 1 aromatic rings. The van der Waals surface area contributed by atoms with Crippen molar-refractivity contribution in [3.63, 3.8) is 0 Å². The van der Waals surface area contributed by atoms with Crippen molar-refractivity contribution >= 4 is 11.9 Å². The van der Waals surface area contributed by atoms with Crippen molar-refractivity contribution in [1.29, 1.82) is 0 Å². The van der Waals surface area contributed by atoms with Crippen LogP contribution in [-0.4, -0.2) is 29.6 Å². The minimum absolute atomic E-state index is 0.136. The van der Waals surface area contributed by atoms with E-state index in [1.54, 1.807) is 6.92 Å². The molecule has 1 aromatic carbocycles. The SMILES string of the molecule is CC[C@@H](NC(=O)CCOc1ccc(C)cc1C)C(=O)O. The maximum Gasteiger partial charge on any atom is 0.326 e. The van der Waals surface area contributed by atoms with E-state index in [4.69, 9.17) is 9.84 Å². The molecule has 0 heterocycles. The molecule has 0 saturated heterocycles. The first-order chi connectivity index (χ1) is 9.43. The normalized spacial score (nSPS) is 11.8. The molecule has 0 aromatic heterocycles. The van der Waals surface area contributed by atoms with Crippen LogP contribution in [-0.2, 0) is 9.59 Å². The number of carboxylic acid groups (broad SMARTS) is 1. The summed E-state index contributed by atoms with van der Waals surface area (Å²) in [5.41, 5.74) is 2.17. The Bertz CT molecular complexity index is 485. The van der Waals surface area contributed by atoms with Crippen molar-refractivity contribution in [3.05, 3.63) is 29.3 Å². The summed E-state index contributed by atoms with van der Waals surface area (Å²) in [7, 11) is 0. The smallest absolute Gasteiger partial charge is 0.326 e. The Morgan fingerprint density at radius 3 is 2.60 bits per heavy atom. The van der Waals surface area contributed by atoms with Crippen LogP contribution in [0.5, 0.6) is 5.75 Å². The maximum atomic E-state index is 11.6. The number of ether oxygens (including phenoxy) is 1. The minimum atomic E-state index is -1.02. The monoisotopic (exact) mass is 279 g/mol. The first-order valence-corrected chi connectivity index (χ1v) is 6.66. The fourth-order valence-corrected chi connectivity index (χ4v) is 1.82. The van der Waals surface area contributed by atoms with Crippen molar-refractivity contribution in [2.45, 2.75) is 39.7 Å². The molecule has 1 rings (SSSR count). The number of rotatable bonds is 7. The van der Waals surface area contributed by atoms with E-state index in [0.29, 0.717) is 6.42 Å². The Labute approximate surface area is 118 Å². The van der Waals surface area contributed by atoms with E-state index < -0.39 is 12.0 Å². The molecule has 1 amide bonds. The Kier molecular flexibility index (Phi) is 6.03. The number of hydrogen-bond acceptors (Lipinski definition) is 3. The van der Waals surface area contributed by atoms with E-state index in [1.807, 2.05) is 32.0 Å². The lowest BCUT2D eigenvalue weighted by molar-refractivity contribution is -0.142. The van der Waals surface area contributed by atoms with Crippen LogP contribution in [0.1, 0.15) is 30.9 Å². The van der Waals surface area contributed by atoms with Crippen molar-refractivity contribution < 1.29 is 19.4 Å². The number of hydrogen-bond donors (Lipinski definition) is 2. The second-order valence-corrected chi connectivity index (χ2v) is 4.73. The van der Waals surface area contributed by atoms with Gasteiger partial charge >= 0.3 is 5.97 Å². The number of carbonyl (C=O) groups is 2. The highest BCUT2D eigenvalue weighted by molar-refractivity contribution is 5.83. The van der Waals surface area contributed by atoms with Gasteiger partial charge in [0.05, 0.1) is 13.0 Å². The Morgan fingerprint density at radius 1 is 1.35 bits per heavy atom. The van der Waals surface area contributed by atoms with Gasteiger partial charge in [-0.2, -0.15) is 0 Å². The fourth-order valence-electron chi connectivity index (χ4n) is 1.82. The first-order valence-electron chi connectivity index (χ1n) is 6.66. The third-order valence-electron chi connectivity index (χ3n) is 2.96. The van der Waals surface area contributed by atoms with E-state index in [-0.39, 0.29) is 18.9 Å². The van der Waals surface area contributed by atoms with Crippen LogP contribution in [0.25, 0.3) is 0 Å². The second-order valence-electron chi connectivity index (χ2n) is 4.73. The van der Waals surface area contributed by atoms with Crippen molar-refractivity contribution in [2.24, 2.45) is 0 Å². The lowest BCUT2D eigenvalue weighted by Gasteiger charge is -2.13. The van der Waals surface area contributed by atoms with Crippen LogP contribution in [0.3, 0.4) is 0 Å². The molecule has 20 heavy (non-hydrogen) atoms. The highest BCUT2D eigenvalue weighted by Gasteiger charge is 2.17. The van der Waals surface area contributed by atoms with Crippen molar-refractivity contribution in [2.75, 3.05) is 6.61 Å². The van der Waals surface area contributed by atoms with Gasteiger partial charge in [-0.15, -0.1) is 0 Å². The van der Waals surface area contributed by atoms with Gasteiger partial charge in [-0.05, 0) is 31.9 Å². The number of carbonyl (C=O) groups excluding carboxylic acids is 1. The number of carboxylic acids is 1. The number of amides is 1. The van der Waals surface area contributed by atoms with Crippen LogP contribution in [0.15, 0.2) is 18.2 Å². The topological polar surface area (TPSA) is 75.6 Å². The van der Waals surface area contributed by atoms with Crippen LogP contribution < -0.4 is 10.1 Å². The molecule has 0 saturated carbocycles. The second kappa shape index (κ2) is 7.53. The predicted octanol–water partition coefficient (Wildman–Crippen LogP) is 2.05. The molecule has 5 heteroatoms. The lowest BCUT2D eigenvalue weighted by atomic mass is 10.1. The quantitative estimate of drug-likeness (QED) is 0.801. The van der Waals surface area contributed by atoms with E-state index >= 15 is 0 Å². The van der Waals surface area contributed by atoms with E-state index in [2.05, 4.69) is 5.32 Å². The van der Waals surface area contributed by atoms with Crippen LogP contribution in [0.2, 0.25) is 0 Å². The highest BCUT2D eigenvalue weighted by Crippen LogP contribution is 2.18. The molecular weight excluding hydrogens is 258 g/mol. The molecule has 2 N–H and O–H groups in total. The first kappa shape index (κ1) is 16.0. The molecule has 0 aliphatic rings. The summed E-state index contributed by atoms with van der Waals surface area (Å²) in [6.45, 7) is 5.89. The largest absolute Gasteiger partial charge is 0.493 e. The molecule has 0 radical (unpaired) electrons. The van der Waals surface area contributed by atoms with E-state index in [9.17, 15) is 9.59 Å². The third kappa shape index (κ3) is 4.91. The Morgan fingerprint density at radius 2 is 2.05 bits per heavy atom. The average Bonchev–Trinajstić information content (AvgIpc) is 2.38. The number of nitrogens with one attached hydrogen (secondary N) is 1. The summed E-state index contributed by atoms with van der Waals surface area (Å²) >= 11 is 0. The van der Waals surface area contributed by atoms with Gasteiger partial charge in [-0.3, -0.25) is 4.79 Å². The molecule has 1 atom stereocenters. The number of aliphatic carboxylic acids is 1. The zero-order valence-electron chi connectivity index (χ0n) is 12.1. The van der Waals surface area contributed by atoms with Crippen molar-refractivity contribution in [3.8, 4) is 5.75 Å². The van der Waals surface area contributed by atoms with Crippen molar-refractivity contribution in [1.82, 2.24) is 5.32 Å². The molecule has 0 aliphatic carbocycles. The van der Waals surface area contributed by atoms with Crippen LogP contribution >= 0.6 is 0 Å². The molecule has 110 valence electrons. The summed E-state index contributed by atoms with van der Waals surface area (Å²) in [6, 6.07) is 4.99. The van der Waals surface area contributed by atoms with Gasteiger partial charge in [-0.1, -0.05) is 24.6 Å². The van der Waals surface area contributed by atoms with Crippen LogP contribution in [0, 0.1) is 13.8 Å². The molecule has 0 spiro atoms. The minimum Gasteiger partial charge on any atom is -0.493 e. The number of aryl methyl sites for hydroxylation is 2. The van der Waals surface area contributed by atoms with Gasteiger partial charge in [0.2, 0.25) is 5.91 Å². The summed E-state index contributed by atoms with van der Waals surface area (Å²) in [5, 5.41) is 11.3. The van der Waals surface area contributed by atoms with Gasteiger partial charge < -0.3 is 15.2 Å². The molecule has 0 unspecified atom stereocenters. The third-order valence-corrected chi connectivity index (χ3v) is 2.96. The molecule has 5 nitrogen and oxygen atoms in total. The zero-order valence-corrected chi connectivity index (χ0v) is 12.1. The molecule has 0 bridgehead atoms. The van der Waals surface area contributed by atoms with Gasteiger partial charge in [0.15, 0.2) is 0 Å². The van der Waals surface area contributed by atoms with E-state index in [1.165, 1.54) is 0 Å². The van der Waals surface area contributed by atoms with E-state index in [0.717, 1.165) is 16.9 Å². The Balaban J connectivity index is 2.40. The summed E-state index contributed by atoms with van der Waals surface area (Å²) < 4.78 is 5.53. The van der Waals surface area contributed by atoms with Gasteiger partial charge in [0.1, 0.15) is 11.8 Å². The molecule has 0 fully saturated rings. The summed E-state index contributed by atoms with van der Waals surface area (Å²) in [6.07, 6.45) is 0.496. The van der Waals surface area contributed by atoms with Crippen LogP contribution in [0.4, 0.5) is 0 Å². The molecule has 0 aliphatic heterocycles. The van der Waals surface area contributed by atoms with Gasteiger partial charge in [0, 0.05) is 0 Å². The number of benzene rings is 1. The zero-order chi connectivity index (χ0) is 15.1. The summed E-state index contributed by atoms with van der Waals surface area (Å²) in [4.78, 5) is 22.4. The predicted molar refractivity (Wildman–Crippen MR) is 75.9 cm³/mol. The fraction of sp³-hybridized carbons (Fsp3) is 0.467. The average molecular weight is 279 g/mol. The highest BCUT2D eigenvalue weighted by atomic mass is 16.5. The standard InChI is InChI=1S/C15H21NO4/c1-4-12(15(18)19)16-14(17)7-8-20-13-6-5-10(2)9-11(13)3/h5-6,9,12H,4,7-8H2,1-3H3,(H,16,17)(H,18,19)/t12-/m1/s1. The Hall–Kier alpha value is -2.04. The molecular formula is C15H21NO4. The van der Waals surface area contributed by atoms with Gasteiger partial charge in [-0.25, -0.2) is 4.79 Å².